The van der Waals surface area contributed by atoms with Crippen LogP contribution < -0.4 is 5.73 Å². The van der Waals surface area contributed by atoms with Gasteiger partial charge in [0, 0.05) is 44.7 Å². The van der Waals surface area contributed by atoms with E-state index in [0.29, 0.717) is 18.1 Å². The molecule has 3 fully saturated rings. The van der Waals surface area contributed by atoms with E-state index in [1.807, 2.05) is 0 Å². The van der Waals surface area contributed by atoms with Crippen LogP contribution in [-0.2, 0) is 9.53 Å². The minimum absolute atomic E-state index is 0.197. The molecule has 23 heavy (non-hydrogen) atoms. The van der Waals surface area contributed by atoms with Crippen molar-refractivity contribution < 1.29 is 9.53 Å². The highest BCUT2D eigenvalue weighted by Gasteiger charge is 2.33. The molecule has 4 atom stereocenters. The van der Waals surface area contributed by atoms with Crippen molar-refractivity contribution >= 4 is 5.91 Å². The van der Waals surface area contributed by atoms with Crippen molar-refractivity contribution in [3.8, 4) is 0 Å². The number of nitrogens with zero attached hydrogens (tertiary/aromatic N) is 2. The largest absolute Gasteiger partial charge is 0.373 e. The predicted octanol–water partition coefficient (Wildman–Crippen LogP) is 1.46. The molecular weight excluding hydrogens is 290 g/mol. The van der Waals surface area contributed by atoms with Crippen molar-refractivity contribution in [3.63, 3.8) is 0 Å². The zero-order valence-electron chi connectivity index (χ0n) is 14.7. The highest BCUT2D eigenvalue weighted by atomic mass is 16.5. The van der Waals surface area contributed by atoms with Crippen LogP contribution in [0, 0.1) is 11.8 Å². The van der Waals surface area contributed by atoms with E-state index < -0.39 is 0 Å². The van der Waals surface area contributed by atoms with Crippen LogP contribution in [0.15, 0.2) is 0 Å². The molecule has 2 N–H and O–H groups in total. The van der Waals surface area contributed by atoms with Crippen molar-refractivity contribution in [2.45, 2.75) is 64.2 Å². The van der Waals surface area contributed by atoms with Gasteiger partial charge in [-0.1, -0.05) is 0 Å². The maximum absolute atomic E-state index is 12.6. The number of carbonyl (C=O) groups excluding carboxylic acids is 1. The van der Waals surface area contributed by atoms with Crippen LogP contribution >= 0.6 is 0 Å². The summed E-state index contributed by atoms with van der Waals surface area (Å²) in [5.41, 5.74) is 5.95. The first-order valence-corrected chi connectivity index (χ1v) is 9.43. The summed E-state index contributed by atoms with van der Waals surface area (Å²) >= 11 is 0. The molecule has 3 aliphatic rings. The van der Waals surface area contributed by atoms with Gasteiger partial charge in [-0.05, 0) is 51.9 Å². The quantitative estimate of drug-likeness (QED) is 0.854. The van der Waals surface area contributed by atoms with Gasteiger partial charge in [0.15, 0.2) is 0 Å². The highest BCUT2D eigenvalue weighted by molar-refractivity contribution is 5.79. The number of amides is 1. The second-order valence-electron chi connectivity index (χ2n) is 8.01. The van der Waals surface area contributed by atoms with E-state index in [4.69, 9.17) is 10.5 Å². The molecule has 0 spiro atoms. The Morgan fingerprint density at radius 1 is 1.09 bits per heavy atom. The molecule has 132 valence electrons. The Hall–Kier alpha value is -0.650. The van der Waals surface area contributed by atoms with Crippen LogP contribution in [0.2, 0.25) is 0 Å². The minimum atomic E-state index is 0.197. The number of likely N-dealkylation sites (tertiary alicyclic amines) is 1. The summed E-state index contributed by atoms with van der Waals surface area (Å²) in [5, 5.41) is 0. The standard InChI is InChI=1S/C18H33N3O2/c1-13-10-20(11-14(2)23-13)12-15-5-7-21(8-6-15)18(22)16-3-4-17(19)9-16/h13-17H,3-12,19H2,1-2H3. The van der Waals surface area contributed by atoms with E-state index in [-0.39, 0.29) is 12.0 Å². The minimum Gasteiger partial charge on any atom is -0.373 e. The van der Waals surface area contributed by atoms with Crippen molar-refractivity contribution in [1.82, 2.24) is 9.80 Å². The summed E-state index contributed by atoms with van der Waals surface area (Å²) < 4.78 is 5.81. The molecule has 1 amide bonds. The fourth-order valence-corrected chi connectivity index (χ4v) is 4.63. The van der Waals surface area contributed by atoms with E-state index in [1.54, 1.807) is 0 Å². The lowest BCUT2D eigenvalue weighted by atomic mass is 9.94. The zero-order valence-corrected chi connectivity index (χ0v) is 14.7. The predicted molar refractivity (Wildman–Crippen MR) is 91.1 cm³/mol. The molecule has 4 unspecified atom stereocenters. The molecule has 2 aliphatic heterocycles. The summed E-state index contributed by atoms with van der Waals surface area (Å²) in [5.74, 6) is 1.29. The van der Waals surface area contributed by atoms with Gasteiger partial charge < -0.3 is 15.4 Å². The van der Waals surface area contributed by atoms with Gasteiger partial charge >= 0.3 is 0 Å². The molecule has 1 aliphatic carbocycles. The van der Waals surface area contributed by atoms with Gasteiger partial charge in [0.25, 0.3) is 0 Å². The molecule has 0 bridgehead atoms. The third-order valence-electron chi connectivity index (χ3n) is 5.76. The Morgan fingerprint density at radius 3 is 2.30 bits per heavy atom. The summed E-state index contributed by atoms with van der Waals surface area (Å²) in [6, 6.07) is 0.242. The Morgan fingerprint density at radius 2 is 1.74 bits per heavy atom. The SMILES string of the molecule is CC1CN(CC2CCN(C(=O)C3CCC(N)C3)CC2)CC(C)O1. The van der Waals surface area contributed by atoms with E-state index in [0.717, 1.165) is 70.7 Å². The van der Waals surface area contributed by atoms with Crippen molar-refractivity contribution in [2.24, 2.45) is 17.6 Å². The number of hydrogen-bond donors (Lipinski definition) is 1. The van der Waals surface area contributed by atoms with Gasteiger partial charge in [0.1, 0.15) is 0 Å². The molecule has 0 aromatic carbocycles. The monoisotopic (exact) mass is 323 g/mol. The van der Waals surface area contributed by atoms with E-state index in [2.05, 4.69) is 23.6 Å². The number of ether oxygens (including phenoxy) is 1. The number of hydrogen-bond acceptors (Lipinski definition) is 4. The Balaban J connectivity index is 1.42. The fourth-order valence-electron chi connectivity index (χ4n) is 4.63. The lowest BCUT2D eigenvalue weighted by molar-refractivity contribution is -0.137. The average Bonchev–Trinajstić information content (AvgIpc) is 2.93. The van der Waals surface area contributed by atoms with Crippen molar-refractivity contribution in [1.29, 1.82) is 0 Å². The van der Waals surface area contributed by atoms with Crippen LogP contribution in [0.4, 0.5) is 0 Å². The summed E-state index contributed by atoms with van der Waals surface area (Å²) in [6.07, 6.45) is 5.86. The molecule has 5 heteroatoms. The smallest absolute Gasteiger partial charge is 0.225 e. The molecule has 0 radical (unpaired) electrons. The van der Waals surface area contributed by atoms with Crippen molar-refractivity contribution in [3.05, 3.63) is 0 Å². The second-order valence-corrected chi connectivity index (χ2v) is 8.01. The Kier molecular flexibility index (Phi) is 5.60. The molecule has 2 heterocycles. The highest BCUT2D eigenvalue weighted by Crippen LogP contribution is 2.28. The first-order valence-electron chi connectivity index (χ1n) is 9.43. The number of carbonyl (C=O) groups is 1. The van der Waals surface area contributed by atoms with Crippen LogP contribution in [0.1, 0.15) is 46.0 Å². The maximum Gasteiger partial charge on any atom is 0.225 e. The van der Waals surface area contributed by atoms with Crippen LogP contribution in [0.3, 0.4) is 0 Å². The lowest BCUT2D eigenvalue weighted by Gasteiger charge is -2.40. The number of rotatable bonds is 3. The fraction of sp³-hybridized carbons (Fsp3) is 0.944. The van der Waals surface area contributed by atoms with Gasteiger partial charge in [-0.25, -0.2) is 0 Å². The summed E-state index contributed by atoms with van der Waals surface area (Å²) in [7, 11) is 0. The number of nitrogens with two attached hydrogens (primary N) is 1. The van der Waals surface area contributed by atoms with Crippen LogP contribution in [0.25, 0.3) is 0 Å². The van der Waals surface area contributed by atoms with Crippen LogP contribution in [0.5, 0.6) is 0 Å². The van der Waals surface area contributed by atoms with E-state index in [9.17, 15) is 4.79 Å². The molecule has 5 nitrogen and oxygen atoms in total. The third-order valence-corrected chi connectivity index (χ3v) is 5.76. The van der Waals surface area contributed by atoms with Gasteiger partial charge in [0.05, 0.1) is 12.2 Å². The average molecular weight is 323 g/mol. The first-order chi connectivity index (χ1) is 11.0. The summed E-state index contributed by atoms with van der Waals surface area (Å²) in [4.78, 5) is 17.2. The van der Waals surface area contributed by atoms with E-state index in [1.165, 1.54) is 0 Å². The van der Waals surface area contributed by atoms with Gasteiger partial charge in [-0.3, -0.25) is 9.69 Å². The Labute approximate surface area is 140 Å². The second kappa shape index (κ2) is 7.49. The normalized spacial score (nSPS) is 37.3. The molecule has 0 aromatic rings. The molecule has 1 saturated carbocycles. The molecule has 0 aromatic heterocycles. The van der Waals surface area contributed by atoms with Crippen molar-refractivity contribution in [2.75, 3.05) is 32.7 Å². The van der Waals surface area contributed by atoms with Gasteiger partial charge in [-0.2, -0.15) is 0 Å². The molecule has 3 rings (SSSR count). The van der Waals surface area contributed by atoms with E-state index >= 15 is 0 Å². The number of morpholine rings is 1. The number of piperidine rings is 1. The van der Waals surface area contributed by atoms with Gasteiger partial charge in [0.2, 0.25) is 5.91 Å². The van der Waals surface area contributed by atoms with Crippen LogP contribution in [-0.4, -0.2) is 66.7 Å². The maximum atomic E-state index is 12.6. The first kappa shape index (κ1) is 17.2. The topological polar surface area (TPSA) is 58.8 Å². The zero-order chi connectivity index (χ0) is 16.4. The molecular formula is C18H33N3O2. The summed E-state index contributed by atoms with van der Waals surface area (Å²) in [6.45, 7) is 9.45. The third kappa shape index (κ3) is 4.46. The molecule has 2 saturated heterocycles. The lowest BCUT2D eigenvalue weighted by Crippen LogP contribution is -2.49. The Bertz CT molecular complexity index is 399. The van der Waals surface area contributed by atoms with Gasteiger partial charge in [-0.15, -0.1) is 0 Å².